The van der Waals surface area contributed by atoms with Crippen LogP contribution in [0.1, 0.15) is 52.0 Å². The lowest BCUT2D eigenvalue weighted by Crippen LogP contribution is -2.47. The maximum atomic E-state index is 13.3. The van der Waals surface area contributed by atoms with E-state index >= 15 is 0 Å². The molecule has 0 N–H and O–H groups in total. The summed E-state index contributed by atoms with van der Waals surface area (Å²) in [5.41, 5.74) is 1.76. The highest BCUT2D eigenvalue weighted by molar-refractivity contribution is 6.35. The molecule has 3 rings (SSSR count). The highest BCUT2D eigenvalue weighted by atomic mass is 16.5. The van der Waals surface area contributed by atoms with Gasteiger partial charge >= 0.3 is 0 Å². The average Bonchev–Trinajstić information content (AvgIpc) is 2.95. The molecular weight excluding hydrogens is 368 g/mol. The van der Waals surface area contributed by atoms with Crippen molar-refractivity contribution in [3.05, 3.63) is 35.5 Å². The van der Waals surface area contributed by atoms with Gasteiger partial charge in [-0.3, -0.25) is 14.5 Å². The van der Waals surface area contributed by atoms with Crippen molar-refractivity contribution in [2.24, 2.45) is 0 Å². The van der Waals surface area contributed by atoms with E-state index in [0.29, 0.717) is 30.9 Å². The van der Waals surface area contributed by atoms with Gasteiger partial charge in [0, 0.05) is 19.6 Å². The minimum atomic E-state index is -0.196. The Morgan fingerprint density at radius 1 is 1.00 bits per heavy atom. The predicted molar refractivity (Wildman–Crippen MR) is 112 cm³/mol. The molecule has 0 spiro atoms. The summed E-state index contributed by atoms with van der Waals surface area (Å²) in [5.74, 6) is 0.342. The average molecular weight is 401 g/mol. The van der Waals surface area contributed by atoms with E-state index in [1.54, 1.807) is 7.11 Å². The van der Waals surface area contributed by atoms with E-state index in [1.165, 1.54) is 4.90 Å². The van der Waals surface area contributed by atoms with Gasteiger partial charge in [0.25, 0.3) is 11.8 Å². The van der Waals surface area contributed by atoms with Crippen LogP contribution in [0.5, 0.6) is 5.75 Å². The third-order valence-corrected chi connectivity index (χ3v) is 5.49. The Balaban J connectivity index is 1.94. The Morgan fingerprint density at radius 3 is 2.24 bits per heavy atom. The molecule has 0 bridgehead atoms. The number of amides is 2. The summed E-state index contributed by atoms with van der Waals surface area (Å²) in [4.78, 5) is 30.1. The fraction of sp³-hybridized carbons (Fsp3) is 0.565. The molecule has 6 nitrogen and oxygen atoms in total. The van der Waals surface area contributed by atoms with Crippen molar-refractivity contribution in [1.29, 1.82) is 0 Å². The number of nitrogens with zero attached hydrogens (tertiary/aromatic N) is 2. The van der Waals surface area contributed by atoms with E-state index in [4.69, 9.17) is 9.47 Å². The van der Waals surface area contributed by atoms with Crippen molar-refractivity contribution < 1.29 is 19.1 Å². The zero-order valence-electron chi connectivity index (χ0n) is 17.9. The van der Waals surface area contributed by atoms with Gasteiger partial charge in [0.15, 0.2) is 0 Å². The number of hydrogen-bond acceptors (Lipinski definition) is 5. The molecule has 1 aromatic carbocycles. The van der Waals surface area contributed by atoms with Gasteiger partial charge in [0.2, 0.25) is 0 Å². The molecule has 2 amide bonds. The van der Waals surface area contributed by atoms with Gasteiger partial charge in [-0.15, -0.1) is 0 Å². The van der Waals surface area contributed by atoms with Crippen molar-refractivity contribution >= 4 is 17.4 Å². The largest absolute Gasteiger partial charge is 0.497 e. The highest BCUT2D eigenvalue weighted by Gasteiger charge is 2.42. The van der Waals surface area contributed by atoms with E-state index in [9.17, 15) is 9.59 Å². The molecular formula is C23H32N2O4. The summed E-state index contributed by atoms with van der Waals surface area (Å²) in [6, 6.07) is 7.36. The van der Waals surface area contributed by atoms with Crippen LogP contribution < -0.4 is 4.74 Å². The molecule has 1 aromatic rings. The Morgan fingerprint density at radius 2 is 1.66 bits per heavy atom. The zero-order chi connectivity index (χ0) is 21.0. The zero-order valence-corrected chi connectivity index (χ0v) is 17.9. The van der Waals surface area contributed by atoms with E-state index in [0.717, 1.165) is 37.0 Å². The standard InChI is InChI=1S/C23H32N2O4/c1-5-6-7-8-13-25-22(26)20(18-9-11-19(28-4)12-10-18)21(23(25)27)24-14-16(2)29-17(3)15-24/h9-12,16-17H,5-8,13-15H2,1-4H3. The maximum absolute atomic E-state index is 13.3. The number of carbonyl (C=O) groups is 2. The molecule has 29 heavy (non-hydrogen) atoms. The molecule has 1 fully saturated rings. The van der Waals surface area contributed by atoms with Gasteiger partial charge < -0.3 is 14.4 Å². The van der Waals surface area contributed by atoms with Crippen molar-refractivity contribution in [1.82, 2.24) is 9.80 Å². The smallest absolute Gasteiger partial charge is 0.277 e. The van der Waals surface area contributed by atoms with E-state index in [-0.39, 0.29) is 24.0 Å². The first kappa shape index (κ1) is 21.4. The summed E-state index contributed by atoms with van der Waals surface area (Å²) >= 11 is 0. The second-order valence-corrected chi connectivity index (χ2v) is 7.94. The number of rotatable bonds is 8. The van der Waals surface area contributed by atoms with Gasteiger partial charge in [-0.25, -0.2) is 0 Å². The minimum absolute atomic E-state index is 0.00451. The van der Waals surface area contributed by atoms with Crippen LogP contribution in [0.3, 0.4) is 0 Å². The second kappa shape index (κ2) is 9.44. The van der Waals surface area contributed by atoms with Gasteiger partial charge in [-0.05, 0) is 38.0 Å². The topological polar surface area (TPSA) is 59.1 Å². The van der Waals surface area contributed by atoms with Crippen LogP contribution in [0.2, 0.25) is 0 Å². The number of benzene rings is 1. The third-order valence-electron chi connectivity index (χ3n) is 5.49. The maximum Gasteiger partial charge on any atom is 0.277 e. The number of carbonyl (C=O) groups excluding carboxylic acids is 2. The molecule has 158 valence electrons. The SMILES string of the molecule is CCCCCCN1C(=O)C(c2ccc(OC)cc2)=C(N2CC(C)OC(C)C2)C1=O. The monoisotopic (exact) mass is 400 g/mol. The van der Waals surface area contributed by atoms with Crippen molar-refractivity contribution in [2.75, 3.05) is 26.7 Å². The van der Waals surface area contributed by atoms with Crippen molar-refractivity contribution in [3.63, 3.8) is 0 Å². The number of ether oxygens (including phenoxy) is 2. The first-order valence-electron chi connectivity index (χ1n) is 10.6. The lowest BCUT2D eigenvalue weighted by atomic mass is 10.0. The first-order chi connectivity index (χ1) is 14.0. The molecule has 0 saturated carbocycles. The number of hydrogen-bond donors (Lipinski definition) is 0. The van der Waals surface area contributed by atoms with Gasteiger partial charge in [-0.1, -0.05) is 38.3 Å². The number of unbranched alkanes of at least 4 members (excludes halogenated alkanes) is 3. The quantitative estimate of drug-likeness (QED) is 0.494. The van der Waals surface area contributed by atoms with Crippen LogP contribution in [-0.2, 0) is 14.3 Å². The summed E-state index contributed by atoms with van der Waals surface area (Å²) in [6.07, 6.45) is 4.10. The predicted octanol–water partition coefficient (Wildman–Crippen LogP) is 3.46. The van der Waals surface area contributed by atoms with Gasteiger partial charge in [-0.2, -0.15) is 0 Å². The van der Waals surface area contributed by atoms with Gasteiger partial charge in [0.1, 0.15) is 11.4 Å². The molecule has 2 heterocycles. The van der Waals surface area contributed by atoms with Crippen LogP contribution in [-0.4, -0.2) is 60.6 Å². The summed E-state index contributed by atoms with van der Waals surface area (Å²) < 4.78 is 11.1. The highest BCUT2D eigenvalue weighted by Crippen LogP contribution is 2.34. The van der Waals surface area contributed by atoms with Crippen molar-refractivity contribution in [2.45, 2.75) is 58.7 Å². The minimum Gasteiger partial charge on any atom is -0.497 e. The number of imide groups is 1. The molecule has 2 aliphatic rings. The van der Waals surface area contributed by atoms with E-state index in [1.807, 2.05) is 43.0 Å². The molecule has 0 aromatic heterocycles. The Hall–Kier alpha value is -2.34. The lowest BCUT2D eigenvalue weighted by molar-refractivity contribution is -0.138. The van der Waals surface area contributed by atoms with Crippen LogP contribution in [0.25, 0.3) is 5.57 Å². The molecule has 0 radical (unpaired) electrons. The molecule has 1 saturated heterocycles. The Bertz CT molecular complexity index is 762. The lowest BCUT2D eigenvalue weighted by Gasteiger charge is -2.37. The van der Waals surface area contributed by atoms with Crippen LogP contribution >= 0.6 is 0 Å². The number of methoxy groups -OCH3 is 1. The fourth-order valence-corrected chi connectivity index (χ4v) is 4.13. The third kappa shape index (κ3) is 4.64. The second-order valence-electron chi connectivity index (χ2n) is 7.94. The molecule has 2 unspecified atom stereocenters. The first-order valence-corrected chi connectivity index (χ1v) is 10.6. The van der Waals surface area contributed by atoms with Crippen LogP contribution in [0.4, 0.5) is 0 Å². The number of morpholine rings is 1. The van der Waals surface area contributed by atoms with E-state index in [2.05, 4.69) is 6.92 Å². The van der Waals surface area contributed by atoms with Crippen LogP contribution in [0.15, 0.2) is 30.0 Å². The summed E-state index contributed by atoms with van der Waals surface area (Å²) in [5, 5.41) is 0. The fourth-order valence-electron chi connectivity index (χ4n) is 4.13. The summed E-state index contributed by atoms with van der Waals surface area (Å²) in [6.45, 7) is 7.81. The molecule has 6 heteroatoms. The Kier molecular flexibility index (Phi) is 6.96. The molecule has 0 aliphatic carbocycles. The van der Waals surface area contributed by atoms with E-state index < -0.39 is 0 Å². The van der Waals surface area contributed by atoms with Crippen molar-refractivity contribution in [3.8, 4) is 5.75 Å². The molecule has 2 atom stereocenters. The van der Waals surface area contributed by atoms with Crippen LogP contribution in [0, 0.1) is 0 Å². The molecule has 2 aliphatic heterocycles. The Labute approximate surface area is 173 Å². The summed E-state index contributed by atoms with van der Waals surface area (Å²) in [7, 11) is 1.61. The van der Waals surface area contributed by atoms with Gasteiger partial charge in [0.05, 0.1) is 24.9 Å². The normalized spacial score (nSPS) is 22.6.